The standard InChI is InChI=1S/C25H32F3N5O3/c1-36-22-11-9-20(10-12-22)30-23(34)29-13-16-33(18-17-32-14-3-2-4-15-32)24(35)31-21-7-5-19(6-8-21)25(26,27)28/h5-12H,2-4,13-18H2,1H3,(H,31,35)(H2,29,30,34). The molecule has 1 heterocycles. The van der Waals surface area contributed by atoms with Crippen LogP contribution in [0.15, 0.2) is 48.5 Å². The van der Waals surface area contributed by atoms with E-state index in [1.54, 1.807) is 36.3 Å². The van der Waals surface area contributed by atoms with Crippen LogP contribution in [0, 0.1) is 0 Å². The van der Waals surface area contributed by atoms with Crippen molar-refractivity contribution in [3.05, 3.63) is 54.1 Å². The van der Waals surface area contributed by atoms with Gasteiger partial charge in [0, 0.05) is 37.6 Å². The maximum Gasteiger partial charge on any atom is 0.416 e. The molecule has 0 aliphatic carbocycles. The number of rotatable bonds is 9. The largest absolute Gasteiger partial charge is 0.497 e. The molecule has 2 aromatic carbocycles. The van der Waals surface area contributed by atoms with Crippen LogP contribution in [0.3, 0.4) is 0 Å². The maximum atomic E-state index is 12.9. The van der Waals surface area contributed by atoms with E-state index in [-0.39, 0.29) is 18.8 Å². The summed E-state index contributed by atoms with van der Waals surface area (Å²) in [6, 6.07) is 10.3. The molecule has 3 rings (SSSR count). The van der Waals surface area contributed by atoms with E-state index in [4.69, 9.17) is 4.74 Å². The predicted octanol–water partition coefficient (Wildman–Crippen LogP) is 4.86. The fourth-order valence-corrected chi connectivity index (χ4v) is 3.86. The fourth-order valence-electron chi connectivity index (χ4n) is 3.86. The third-order valence-electron chi connectivity index (χ3n) is 5.90. The van der Waals surface area contributed by atoms with E-state index in [0.29, 0.717) is 24.5 Å². The molecule has 1 saturated heterocycles. The number of alkyl halides is 3. The van der Waals surface area contributed by atoms with E-state index in [1.165, 1.54) is 18.6 Å². The normalized spacial score (nSPS) is 14.1. The van der Waals surface area contributed by atoms with Crippen LogP contribution >= 0.6 is 0 Å². The number of methoxy groups -OCH3 is 1. The average Bonchev–Trinajstić information content (AvgIpc) is 2.87. The number of piperidine rings is 1. The highest BCUT2D eigenvalue weighted by atomic mass is 19.4. The summed E-state index contributed by atoms with van der Waals surface area (Å²) in [5.74, 6) is 0.671. The minimum absolute atomic E-state index is 0.197. The van der Waals surface area contributed by atoms with Crippen molar-refractivity contribution in [1.29, 1.82) is 0 Å². The molecule has 0 saturated carbocycles. The van der Waals surface area contributed by atoms with Crippen molar-refractivity contribution >= 4 is 23.4 Å². The molecular formula is C25H32F3N5O3. The smallest absolute Gasteiger partial charge is 0.416 e. The Kier molecular flexibility index (Phi) is 9.80. The molecule has 1 fully saturated rings. The third-order valence-corrected chi connectivity index (χ3v) is 5.90. The molecule has 1 aliphatic rings. The summed E-state index contributed by atoms with van der Waals surface area (Å²) in [7, 11) is 1.56. The van der Waals surface area contributed by atoms with E-state index in [1.807, 2.05) is 0 Å². The Bertz CT molecular complexity index is 978. The van der Waals surface area contributed by atoms with Gasteiger partial charge < -0.3 is 30.5 Å². The number of hydrogen-bond donors (Lipinski definition) is 3. The number of anilines is 2. The number of carbonyl (C=O) groups is 2. The van der Waals surface area contributed by atoms with Gasteiger partial charge >= 0.3 is 18.2 Å². The molecule has 0 spiro atoms. The Morgan fingerprint density at radius 2 is 1.53 bits per heavy atom. The van der Waals surface area contributed by atoms with Gasteiger partial charge in [-0.25, -0.2) is 9.59 Å². The van der Waals surface area contributed by atoms with Crippen LogP contribution in [-0.4, -0.2) is 68.2 Å². The maximum absolute atomic E-state index is 12.9. The summed E-state index contributed by atoms with van der Waals surface area (Å²) in [5.41, 5.74) is 0.0750. The van der Waals surface area contributed by atoms with Gasteiger partial charge in [-0.1, -0.05) is 6.42 Å². The van der Waals surface area contributed by atoms with Gasteiger partial charge in [0.2, 0.25) is 0 Å². The summed E-state index contributed by atoms with van der Waals surface area (Å²) in [4.78, 5) is 29.0. The van der Waals surface area contributed by atoms with E-state index < -0.39 is 23.8 Å². The molecule has 0 aromatic heterocycles. The minimum Gasteiger partial charge on any atom is -0.497 e. The number of amides is 4. The first-order valence-corrected chi connectivity index (χ1v) is 11.9. The number of halogens is 3. The Morgan fingerprint density at radius 1 is 0.917 bits per heavy atom. The van der Waals surface area contributed by atoms with Crippen molar-refractivity contribution in [2.45, 2.75) is 25.4 Å². The number of likely N-dealkylation sites (tertiary alicyclic amines) is 1. The Morgan fingerprint density at radius 3 is 2.14 bits per heavy atom. The van der Waals surface area contributed by atoms with Gasteiger partial charge in [0.05, 0.1) is 12.7 Å². The molecule has 3 N–H and O–H groups in total. The van der Waals surface area contributed by atoms with Crippen LogP contribution in [0.5, 0.6) is 5.75 Å². The number of hydrogen-bond acceptors (Lipinski definition) is 4. The van der Waals surface area contributed by atoms with Crippen molar-refractivity contribution in [2.75, 3.05) is 57.0 Å². The number of ether oxygens (including phenoxy) is 1. The van der Waals surface area contributed by atoms with Gasteiger partial charge in [0.25, 0.3) is 0 Å². The quantitative estimate of drug-likeness (QED) is 0.453. The molecule has 1 aliphatic heterocycles. The van der Waals surface area contributed by atoms with Crippen LogP contribution in [0.25, 0.3) is 0 Å². The zero-order valence-corrected chi connectivity index (χ0v) is 20.2. The Labute approximate surface area is 208 Å². The van der Waals surface area contributed by atoms with Crippen molar-refractivity contribution in [2.24, 2.45) is 0 Å². The molecule has 36 heavy (non-hydrogen) atoms. The van der Waals surface area contributed by atoms with Gasteiger partial charge in [-0.15, -0.1) is 0 Å². The zero-order chi connectivity index (χ0) is 26.0. The molecule has 2 aromatic rings. The van der Waals surface area contributed by atoms with Gasteiger partial charge in [-0.2, -0.15) is 13.2 Å². The number of benzene rings is 2. The minimum atomic E-state index is -4.44. The molecule has 0 radical (unpaired) electrons. The lowest BCUT2D eigenvalue weighted by molar-refractivity contribution is -0.137. The molecule has 8 nitrogen and oxygen atoms in total. The highest BCUT2D eigenvalue weighted by molar-refractivity contribution is 5.90. The first-order valence-electron chi connectivity index (χ1n) is 11.9. The SMILES string of the molecule is COc1ccc(NC(=O)NCCN(CCN2CCCCC2)C(=O)Nc2ccc(C(F)(F)F)cc2)cc1. The number of nitrogens with zero attached hydrogens (tertiary/aromatic N) is 2. The highest BCUT2D eigenvalue weighted by Crippen LogP contribution is 2.29. The van der Waals surface area contributed by atoms with Crippen molar-refractivity contribution in [1.82, 2.24) is 15.1 Å². The van der Waals surface area contributed by atoms with E-state index in [9.17, 15) is 22.8 Å². The average molecular weight is 508 g/mol. The molecule has 4 amide bonds. The van der Waals surface area contributed by atoms with Crippen LogP contribution in [0.1, 0.15) is 24.8 Å². The van der Waals surface area contributed by atoms with Crippen LogP contribution < -0.4 is 20.7 Å². The summed E-state index contributed by atoms with van der Waals surface area (Å²) in [5, 5.41) is 8.10. The second-order valence-corrected chi connectivity index (χ2v) is 8.50. The van der Waals surface area contributed by atoms with Crippen molar-refractivity contribution in [3.63, 3.8) is 0 Å². The summed E-state index contributed by atoms with van der Waals surface area (Å²) < 4.78 is 43.5. The Balaban J connectivity index is 1.54. The Hall–Kier alpha value is -3.47. The third kappa shape index (κ3) is 8.63. The highest BCUT2D eigenvalue weighted by Gasteiger charge is 2.30. The van der Waals surface area contributed by atoms with Crippen LogP contribution in [-0.2, 0) is 6.18 Å². The van der Waals surface area contributed by atoms with E-state index >= 15 is 0 Å². The second-order valence-electron chi connectivity index (χ2n) is 8.50. The molecule has 0 unspecified atom stereocenters. The lowest BCUT2D eigenvalue weighted by Crippen LogP contribution is -2.45. The number of nitrogens with one attached hydrogen (secondary N) is 3. The topological polar surface area (TPSA) is 85.9 Å². The van der Waals surface area contributed by atoms with E-state index in [2.05, 4.69) is 20.9 Å². The predicted molar refractivity (Wildman–Crippen MR) is 132 cm³/mol. The zero-order valence-electron chi connectivity index (χ0n) is 20.2. The van der Waals surface area contributed by atoms with Crippen LogP contribution in [0.2, 0.25) is 0 Å². The lowest BCUT2D eigenvalue weighted by atomic mass is 10.1. The number of carbonyl (C=O) groups excluding carboxylic acids is 2. The van der Waals surface area contributed by atoms with Crippen molar-refractivity contribution in [3.8, 4) is 5.75 Å². The van der Waals surface area contributed by atoms with Gasteiger partial charge in [-0.05, 0) is 74.5 Å². The van der Waals surface area contributed by atoms with Gasteiger partial charge in [0.1, 0.15) is 5.75 Å². The molecule has 11 heteroatoms. The first-order chi connectivity index (χ1) is 17.2. The molecular weight excluding hydrogens is 475 g/mol. The summed E-state index contributed by atoms with van der Waals surface area (Å²) in [6.07, 6.45) is -1.02. The van der Waals surface area contributed by atoms with Gasteiger partial charge in [0.15, 0.2) is 0 Å². The molecule has 0 bridgehead atoms. The summed E-state index contributed by atoms with van der Waals surface area (Å²) >= 11 is 0. The van der Waals surface area contributed by atoms with Crippen LogP contribution in [0.4, 0.5) is 34.1 Å². The number of urea groups is 2. The second kappa shape index (κ2) is 13.0. The first kappa shape index (κ1) is 27.1. The molecule has 0 atom stereocenters. The fraction of sp³-hybridized carbons (Fsp3) is 0.440. The monoisotopic (exact) mass is 507 g/mol. The summed E-state index contributed by atoms with van der Waals surface area (Å²) in [6.45, 7) is 3.47. The lowest BCUT2D eigenvalue weighted by Gasteiger charge is -2.30. The van der Waals surface area contributed by atoms with Crippen molar-refractivity contribution < 1.29 is 27.5 Å². The molecule has 196 valence electrons. The van der Waals surface area contributed by atoms with E-state index in [0.717, 1.165) is 38.1 Å². The van der Waals surface area contributed by atoms with Gasteiger partial charge in [-0.3, -0.25) is 0 Å².